The first-order valence-corrected chi connectivity index (χ1v) is 10.8. The molecule has 2 unspecified atom stereocenters. The molecule has 23 heavy (non-hydrogen) atoms. The normalized spacial score (nSPS) is 17.2. The molecule has 0 aromatic carbocycles. The van der Waals surface area contributed by atoms with Crippen molar-refractivity contribution in [1.82, 2.24) is 0 Å². The molecule has 0 fully saturated rings. The van der Waals surface area contributed by atoms with Gasteiger partial charge in [0.05, 0.1) is 15.1 Å². The van der Waals surface area contributed by atoms with Gasteiger partial charge in [0.15, 0.2) is 0 Å². The molecule has 2 atom stereocenters. The van der Waals surface area contributed by atoms with E-state index in [-0.39, 0.29) is 12.8 Å². The molecule has 0 aliphatic rings. The predicted molar refractivity (Wildman–Crippen MR) is 112 cm³/mol. The maximum absolute atomic E-state index is 12.5. The van der Waals surface area contributed by atoms with Gasteiger partial charge in [-0.1, -0.05) is 90.4 Å². The minimum atomic E-state index is -4.32. The Morgan fingerprint density at radius 3 is 1.13 bits per heavy atom. The Hall–Kier alpha value is 2.46. The third kappa shape index (κ3) is 13.3. The van der Waals surface area contributed by atoms with Crippen molar-refractivity contribution in [3.8, 4) is 0 Å². The summed E-state index contributed by atoms with van der Waals surface area (Å²) < 4.78 is 79.2. The summed E-state index contributed by atoms with van der Waals surface area (Å²) in [5, 5.41) is 0. The van der Waals surface area contributed by atoms with Crippen LogP contribution in [0.15, 0.2) is 0 Å². The number of hydrogen-bond acceptors (Lipinski definition) is 1. The lowest BCUT2D eigenvalue weighted by Crippen LogP contribution is -2.40. The van der Waals surface area contributed by atoms with Crippen molar-refractivity contribution in [3.63, 3.8) is 0 Å². The molecular weight excluding hydrogens is 782 g/mol. The average molecular weight is 798 g/mol. The smallest absolute Gasteiger partial charge is 0.371 e. The Bertz CT molecular complexity index is 325. The van der Waals surface area contributed by atoms with Gasteiger partial charge in [-0.25, -0.2) is 0 Å². The molecule has 1 nitrogen and oxygen atoms in total. The van der Waals surface area contributed by atoms with Gasteiger partial charge in [0.2, 0.25) is 0 Å². The summed E-state index contributed by atoms with van der Waals surface area (Å²) in [5.41, 5.74) is 0. The third-order valence-electron chi connectivity index (χ3n) is 2.84. The molecule has 0 heterocycles. The summed E-state index contributed by atoms with van der Waals surface area (Å²) in [6.45, 7) is 3.40. The molecule has 0 aliphatic carbocycles. The van der Waals surface area contributed by atoms with Gasteiger partial charge in [-0.05, 0) is 26.7 Å². The molecule has 0 saturated carbocycles. The van der Waals surface area contributed by atoms with Gasteiger partial charge in [0, 0.05) is 12.8 Å². The van der Waals surface area contributed by atoms with Crippen molar-refractivity contribution in [2.24, 2.45) is 0 Å². The van der Waals surface area contributed by atoms with Crippen LogP contribution in [0.1, 0.15) is 39.5 Å². The molecule has 0 aromatic rings. The molecular formula is C12H16F6I4O. The van der Waals surface area contributed by atoms with E-state index in [1.807, 2.05) is 90.4 Å². The predicted octanol–water partition coefficient (Wildman–Crippen LogP) is 7.60. The highest BCUT2D eigenvalue weighted by molar-refractivity contribution is 14.2. The van der Waals surface area contributed by atoms with Crippen molar-refractivity contribution < 1.29 is 31.1 Å². The van der Waals surface area contributed by atoms with Crippen molar-refractivity contribution in [2.75, 3.05) is 0 Å². The van der Waals surface area contributed by atoms with E-state index in [0.29, 0.717) is 0 Å². The van der Waals surface area contributed by atoms with Crippen LogP contribution in [0.3, 0.4) is 0 Å². The standard InChI is InChI=1S/C12H16F6I4O/c1-9(19,20)7(3-5-11(13,14)15)23-8(10(2,21)22)4-6-12(16,17)18/h7-8H,3-6H2,1-2H3. The van der Waals surface area contributed by atoms with Crippen LogP contribution in [0.5, 0.6) is 0 Å². The lowest BCUT2D eigenvalue weighted by Gasteiger charge is -2.36. The second-order valence-corrected chi connectivity index (χ2v) is 18.4. The van der Waals surface area contributed by atoms with Crippen molar-refractivity contribution >= 4 is 90.4 Å². The lowest BCUT2D eigenvalue weighted by atomic mass is 10.1. The highest BCUT2D eigenvalue weighted by atomic mass is 127. The second kappa shape index (κ2) is 9.59. The van der Waals surface area contributed by atoms with Gasteiger partial charge < -0.3 is 4.74 Å². The molecule has 140 valence electrons. The van der Waals surface area contributed by atoms with Crippen LogP contribution in [0.4, 0.5) is 26.3 Å². The maximum Gasteiger partial charge on any atom is 0.389 e. The van der Waals surface area contributed by atoms with Crippen molar-refractivity contribution in [3.05, 3.63) is 0 Å². The monoisotopic (exact) mass is 798 g/mol. The third-order valence-corrected chi connectivity index (χ3v) is 5.62. The quantitative estimate of drug-likeness (QED) is 0.140. The summed E-state index contributed by atoms with van der Waals surface area (Å²) in [6.07, 6.45) is -12.8. The zero-order valence-electron chi connectivity index (χ0n) is 12.2. The van der Waals surface area contributed by atoms with E-state index in [2.05, 4.69) is 0 Å². The lowest BCUT2D eigenvalue weighted by molar-refractivity contribution is -0.151. The van der Waals surface area contributed by atoms with Crippen molar-refractivity contribution in [1.29, 1.82) is 0 Å². The fraction of sp³-hybridized carbons (Fsp3) is 1.00. The van der Waals surface area contributed by atoms with E-state index in [0.717, 1.165) is 0 Å². The summed E-state index contributed by atoms with van der Waals surface area (Å²) >= 11 is 7.85. The number of ether oxygens (including phenoxy) is 1. The topological polar surface area (TPSA) is 9.23 Å². The van der Waals surface area contributed by atoms with E-state index < -0.39 is 40.3 Å². The van der Waals surface area contributed by atoms with Crippen LogP contribution >= 0.6 is 90.4 Å². The zero-order chi connectivity index (χ0) is 18.7. The highest BCUT2D eigenvalue weighted by Crippen LogP contribution is 2.43. The van der Waals surface area contributed by atoms with Crippen molar-refractivity contribution in [2.45, 2.75) is 66.9 Å². The Morgan fingerprint density at radius 2 is 0.957 bits per heavy atom. The molecule has 0 saturated heterocycles. The Kier molecular flexibility index (Phi) is 10.6. The van der Waals surface area contributed by atoms with Crippen LogP contribution in [0, 0.1) is 0 Å². The largest absolute Gasteiger partial charge is 0.389 e. The summed E-state index contributed by atoms with van der Waals surface area (Å²) in [7, 11) is 0. The molecule has 0 radical (unpaired) electrons. The van der Waals surface area contributed by atoms with Gasteiger partial charge in [-0.2, -0.15) is 26.3 Å². The van der Waals surface area contributed by atoms with E-state index >= 15 is 0 Å². The SMILES string of the molecule is CC(I)(I)C(CCC(F)(F)F)OC(CCC(F)(F)F)C(C)(I)I. The fourth-order valence-electron chi connectivity index (χ4n) is 1.67. The van der Waals surface area contributed by atoms with E-state index in [4.69, 9.17) is 4.74 Å². The first-order chi connectivity index (χ1) is 9.92. The van der Waals surface area contributed by atoms with Gasteiger partial charge in [-0.15, -0.1) is 0 Å². The van der Waals surface area contributed by atoms with E-state index in [1.54, 1.807) is 13.8 Å². The molecule has 0 aliphatic heterocycles. The van der Waals surface area contributed by atoms with Crippen LogP contribution in [0.2, 0.25) is 0 Å². The number of alkyl halides is 10. The number of halogens is 10. The summed E-state index contributed by atoms with van der Waals surface area (Å²) in [4.78, 5) is 0. The first kappa shape index (κ1) is 25.5. The molecule has 0 bridgehead atoms. The Morgan fingerprint density at radius 1 is 0.696 bits per heavy atom. The maximum atomic E-state index is 12.5. The molecule has 0 amide bonds. The number of hydrogen-bond donors (Lipinski definition) is 0. The molecule has 0 N–H and O–H groups in total. The van der Waals surface area contributed by atoms with Gasteiger partial charge in [0.1, 0.15) is 0 Å². The van der Waals surface area contributed by atoms with Gasteiger partial charge in [0.25, 0.3) is 0 Å². The second-order valence-electron chi connectivity index (χ2n) is 5.33. The van der Waals surface area contributed by atoms with E-state index in [1.165, 1.54) is 0 Å². The molecule has 0 rings (SSSR count). The number of rotatable bonds is 8. The minimum absolute atomic E-state index is 0.280. The van der Waals surface area contributed by atoms with Crippen LogP contribution in [0.25, 0.3) is 0 Å². The Labute approximate surface area is 186 Å². The van der Waals surface area contributed by atoms with Crippen LogP contribution in [-0.2, 0) is 4.74 Å². The Balaban J connectivity index is 5.06. The molecule has 0 aromatic heterocycles. The molecule has 11 heteroatoms. The van der Waals surface area contributed by atoms with Crippen LogP contribution in [-0.4, -0.2) is 27.4 Å². The zero-order valence-corrected chi connectivity index (χ0v) is 20.8. The highest BCUT2D eigenvalue weighted by Gasteiger charge is 2.41. The minimum Gasteiger partial charge on any atom is -0.371 e. The summed E-state index contributed by atoms with van der Waals surface area (Å²) in [5.74, 6) is 0. The average Bonchev–Trinajstić information content (AvgIpc) is 2.21. The molecule has 0 spiro atoms. The first-order valence-electron chi connectivity index (χ1n) is 6.46. The summed E-state index contributed by atoms with van der Waals surface area (Å²) in [6, 6.07) is 0. The fourth-order valence-corrected chi connectivity index (χ4v) is 3.50. The van der Waals surface area contributed by atoms with Crippen LogP contribution < -0.4 is 0 Å². The van der Waals surface area contributed by atoms with E-state index in [9.17, 15) is 26.3 Å². The van der Waals surface area contributed by atoms with Gasteiger partial charge >= 0.3 is 12.4 Å². The van der Waals surface area contributed by atoms with Gasteiger partial charge in [-0.3, -0.25) is 0 Å².